The summed E-state index contributed by atoms with van der Waals surface area (Å²) in [5.41, 5.74) is -0.845. The molecule has 3 nitrogen and oxygen atoms in total. The maximum absolute atomic E-state index is 12.6. The molecule has 2 aliphatic rings. The van der Waals surface area contributed by atoms with Crippen molar-refractivity contribution in [3.8, 4) is 0 Å². The minimum absolute atomic E-state index is 0.244. The molecule has 1 aromatic carbocycles. The van der Waals surface area contributed by atoms with Crippen molar-refractivity contribution in [1.29, 1.82) is 0 Å². The molecular weight excluding hydrogens is 329 g/mol. The van der Waals surface area contributed by atoms with Crippen LogP contribution in [0.3, 0.4) is 0 Å². The largest absolute Gasteiger partial charge is 0.433 e. The fraction of sp³-hybridized carbons (Fsp3) is 0.421. The molecule has 4 rings (SSSR count). The fourth-order valence-corrected chi connectivity index (χ4v) is 3.60. The molecule has 1 saturated heterocycles. The van der Waals surface area contributed by atoms with Crippen molar-refractivity contribution in [1.82, 2.24) is 4.98 Å². The van der Waals surface area contributed by atoms with Crippen molar-refractivity contribution >= 4 is 5.82 Å². The minimum Gasteiger partial charge on any atom is -0.393 e. The van der Waals surface area contributed by atoms with Crippen LogP contribution in [-0.4, -0.2) is 29.3 Å². The monoisotopic (exact) mass is 350 g/mol. The number of nitrogens with zero attached hydrogens (tertiary/aromatic N) is 2. The van der Waals surface area contributed by atoms with Gasteiger partial charge in [0.05, 0.1) is 6.10 Å². The number of aromatic nitrogens is 1. The van der Waals surface area contributed by atoms with Crippen LogP contribution in [0.1, 0.15) is 18.5 Å². The van der Waals surface area contributed by atoms with Gasteiger partial charge in [0.2, 0.25) is 0 Å². The van der Waals surface area contributed by atoms with Crippen molar-refractivity contribution in [2.24, 2.45) is 11.8 Å². The molecule has 134 valence electrons. The number of benzene rings is 1. The highest BCUT2D eigenvalue weighted by Gasteiger charge is 2.41. The minimum atomic E-state index is -4.40. The smallest absolute Gasteiger partial charge is 0.393 e. The zero-order chi connectivity index (χ0) is 17.9. The first-order valence-corrected chi connectivity index (χ1v) is 8.41. The highest BCUT2D eigenvalue weighted by Crippen LogP contribution is 2.39. The Morgan fingerprint density at radius 3 is 1.88 bits per heavy atom. The number of alkyl halides is 3. The van der Waals surface area contributed by atoms with Crippen molar-refractivity contribution in [2.75, 3.05) is 18.0 Å². The fourth-order valence-electron chi connectivity index (χ4n) is 3.60. The van der Waals surface area contributed by atoms with Crippen LogP contribution in [0.2, 0.25) is 0 Å². The SMILES string of the molecule is OC1C[C@@H]2CN(c3cccc(C(F)(F)F)n3)C[C@@H]2C1.c1ccccc1. The van der Waals surface area contributed by atoms with Crippen LogP contribution in [0.4, 0.5) is 19.0 Å². The number of hydrogen-bond acceptors (Lipinski definition) is 3. The molecule has 0 bridgehead atoms. The van der Waals surface area contributed by atoms with E-state index in [1.165, 1.54) is 6.07 Å². The van der Waals surface area contributed by atoms with E-state index in [4.69, 9.17) is 0 Å². The average Bonchev–Trinajstić information content (AvgIpc) is 3.14. The van der Waals surface area contributed by atoms with Crippen LogP contribution >= 0.6 is 0 Å². The van der Waals surface area contributed by atoms with Gasteiger partial charge in [0.25, 0.3) is 0 Å². The third-order valence-electron chi connectivity index (χ3n) is 4.74. The lowest BCUT2D eigenvalue weighted by Crippen LogP contribution is -2.24. The first-order chi connectivity index (χ1) is 11.9. The lowest BCUT2D eigenvalue weighted by Gasteiger charge is -2.20. The molecule has 25 heavy (non-hydrogen) atoms. The summed E-state index contributed by atoms with van der Waals surface area (Å²) in [6.07, 6.45) is -3.14. The quantitative estimate of drug-likeness (QED) is 0.845. The Labute approximate surface area is 145 Å². The van der Waals surface area contributed by atoms with Crippen LogP contribution < -0.4 is 4.90 Å². The van der Waals surface area contributed by atoms with Crippen LogP contribution in [0.25, 0.3) is 0 Å². The predicted octanol–water partition coefficient (Wildman–Crippen LogP) is 3.99. The van der Waals surface area contributed by atoms with E-state index in [9.17, 15) is 18.3 Å². The molecule has 1 aromatic heterocycles. The third-order valence-corrected chi connectivity index (χ3v) is 4.74. The molecule has 0 amide bonds. The molecule has 1 unspecified atom stereocenters. The van der Waals surface area contributed by atoms with E-state index in [0.29, 0.717) is 30.7 Å². The Kier molecular flexibility index (Phi) is 5.27. The van der Waals surface area contributed by atoms with Crippen molar-refractivity contribution in [2.45, 2.75) is 25.1 Å². The van der Waals surface area contributed by atoms with Gasteiger partial charge in [0.1, 0.15) is 11.5 Å². The Hall–Kier alpha value is -2.08. The van der Waals surface area contributed by atoms with Crippen LogP contribution in [0.5, 0.6) is 0 Å². The summed E-state index contributed by atoms with van der Waals surface area (Å²) < 4.78 is 37.9. The van der Waals surface area contributed by atoms with Crippen molar-refractivity contribution < 1.29 is 18.3 Å². The van der Waals surface area contributed by atoms with E-state index < -0.39 is 11.9 Å². The summed E-state index contributed by atoms with van der Waals surface area (Å²) in [4.78, 5) is 5.61. The second-order valence-corrected chi connectivity index (χ2v) is 6.58. The second kappa shape index (κ2) is 7.44. The Morgan fingerprint density at radius 2 is 1.40 bits per heavy atom. The summed E-state index contributed by atoms with van der Waals surface area (Å²) in [6, 6.07) is 16.0. The van der Waals surface area contributed by atoms with E-state index >= 15 is 0 Å². The molecule has 0 spiro atoms. The number of hydrogen-bond donors (Lipinski definition) is 1. The maximum Gasteiger partial charge on any atom is 0.433 e. The molecule has 1 aliphatic heterocycles. The first-order valence-electron chi connectivity index (χ1n) is 8.41. The van der Waals surface area contributed by atoms with Gasteiger partial charge in [-0.2, -0.15) is 13.2 Å². The Morgan fingerprint density at radius 1 is 0.880 bits per heavy atom. The lowest BCUT2D eigenvalue weighted by atomic mass is 10.0. The number of pyridine rings is 1. The zero-order valence-corrected chi connectivity index (χ0v) is 13.7. The molecule has 1 saturated carbocycles. The Balaban J connectivity index is 0.000000258. The number of halogens is 3. The van der Waals surface area contributed by atoms with E-state index in [1.54, 1.807) is 6.07 Å². The maximum atomic E-state index is 12.6. The van der Waals surface area contributed by atoms with Crippen LogP contribution in [-0.2, 0) is 6.18 Å². The van der Waals surface area contributed by atoms with Gasteiger partial charge in [-0.15, -0.1) is 0 Å². The van der Waals surface area contributed by atoms with Crippen molar-refractivity contribution in [3.05, 3.63) is 60.3 Å². The summed E-state index contributed by atoms with van der Waals surface area (Å²) in [5, 5.41) is 9.56. The van der Waals surface area contributed by atoms with Gasteiger partial charge < -0.3 is 10.0 Å². The van der Waals surface area contributed by atoms with Gasteiger partial charge in [-0.1, -0.05) is 42.5 Å². The van der Waals surface area contributed by atoms with Gasteiger partial charge in [0.15, 0.2) is 0 Å². The van der Waals surface area contributed by atoms with E-state index in [0.717, 1.165) is 18.9 Å². The topological polar surface area (TPSA) is 36.4 Å². The molecular formula is C19H21F3N2O. The van der Waals surface area contributed by atoms with Crippen molar-refractivity contribution in [3.63, 3.8) is 0 Å². The lowest BCUT2D eigenvalue weighted by molar-refractivity contribution is -0.141. The number of rotatable bonds is 1. The number of aliphatic hydroxyl groups excluding tert-OH is 1. The third kappa shape index (κ3) is 4.51. The van der Waals surface area contributed by atoms with E-state index in [-0.39, 0.29) is 6.10 Å². The van der Waals surface area contributed by atoms with Crippen LogP contribution in [0.15, 0.2) is 54.6 Å². The summed E-state index contributed by atoms with van der Waals surface area (Å²) in [7, 11) is 0. The molecule has 2 fully saturated rings. The number of anilines is 1. The Bertz CT molecular complexity index is 637. The van der Waals surface area contributed by atoms with E-state index in [1.807, 2.05) is 41.3 Å². The molecule has 6 heteroatoms. The molecule has 0 radical (unpaired) electrons. The first kappa shape index (κ1) is 17.7. The van der Waals surface area contributed by atoms with Gasteiger partial charge in [-0.05, 0) is 36.8 Å². The zero-order valence-electron chi connectivity index (χ0n) is 13.7. The number of fused-ring (bicyclic) bond motifs is 1. The highest BCUT2D eigenvalue weighted by molar-refractivity contribution is 5.41. The highest BCUT2D eigenvalue weighted by atomic mass is 19.4. The molecule has 1 N–H and O–H groups in total. The van der Waals surface area contributed by atoms with Gasteiger partial charge in [0, 0.05) is 13.1 Å². The molecule has 1 aliphatic carbocycles. The van der Waals surface area contributed by atoms with Gasteiger partial charge in [-0.25, -0.2) is 4.98 Å². The van der Waals surface area contributed by atoms with Gasteiger partial charge >= 0.3 is 6.18 Å². The molecule has 2 heterocycles. The molecule has 3 atom stereocenters. The normalized spacial score (nSPS) is 25.3. The second-order valence-electron chi connectivity index (χ2n) is 6.58. The van der Waals surface area contributed by atoms with Gasteiger partial charge in [-0.3, -0.25) is 0 Å². The molecule has 2 aromatic rings. The summed E-state index contributed by atoms with van der Waals surface area (Å²) >= 11 is 0. The van der Waals surface area contributed by atoms with E-state index in [2.05, 4.69) is 4.98 Å². The number of aliphatic hydroxyl groups is 1. The average molecular weight is 350 g/mol. The summed E-state index contributed by atoms with van der Waals surface area (Å²) in [6.45, 7) is 1.38. The summed E-state index contributed by atoms with van der Waals surface area (Å²) in [5.74, 6) is 1.15. The predicted molar refractivity (Wildman–Crippen MR) is 90.1 cm³/mol. The van der Waals surface area contributed by atoms with Crippen LogP contribution in [0, 0.1) is 11.8 Å². The standard InChI is InChI=1S/C13H15F3N2O.C6H6/c14-13(15,16)11-2-1-3-12(17-11)18-6-8-4-10(19)5-9(8)7-18;1-2-4-6-5-3-1/h1-3,8-10,19H,4-7H2;1-6H/t8-,9+,10?;.